The van der Waals surface area contributed by atoms with Gasteiger partial charge in [0.1, 0.15) is 5.82 Å². The van der Waals surface area contributed by atoms with Crippen LogP contribution < -0.4 is 5.32 Å². The molecule has 1 heterocycles. The van der Waals surface area contributed by atoms with E-state index < -0.39 is 10.0 Å². The molecular weight excluding hydrogens is 367 g/mol. The molecule has 144 valence electrons. The van der Waals surface area contributed by atoms with Crippen molar-refractivity contribution >= 4 is 15.9 Å². The van der Waals surface area contributed by atoms with Crippen LogP contribution in [0.2, 0.25) is 0 Å². The van der Waals surface area contributed by atoms with Gasteiger partial charge in [-0.3, -0.25) is 4.79 Å². The summed E-state index contributed by atoms with van der Waals surface area (Å²) in [7, 11) is -3.56. The van der Waals surface area contributed by atoms with Gasteiger partial charge in [0, 0.05) is 30.3 Å². The molecule has 0 saturated carbocycles. The first kappa shape index (κ1) is 19.5. The Bertz CT molecular complexity index is 913. The van der Waals surface area contributed by atoms with E-state index in [9.17, 15) is 17.6 Å². The van der Waals surface area contributed by atoms with Crippen molar-refractivity contribution in [2.24, 2.45) is 0 Å². The van der Waals surface area contributed by atoms with Gasteiger partial charge in [-0.2, -0.15) is 4.31 Å². The maximum absolute atomic E-state index is 13.6. The van der Waals surface area contributed by atoms with Crippen LogP contribution in [-0.2, 0) is 16.6 Å². The van der Waals surface area contributed by atoms with Crippen LogP contribution in [0.5, 0.6) is 0 Å². The average Bonchev–Trinajstić information content (AvgIpc) is 2.67. The molecule has 0 unspecified atom stereocenters. The second-order valence-electron chi connectivity index (χ2n) is 6.76. The molecule has 0 aliphatic carbocycles. The van der Waals surface area contributed by atoms with Crippen molar-refractivity contribution in [2.45, 2.75) is 43.7 Å². The predicted octanol–water partition coefficient (Wildman–Crippen LogP) is 3.32. The Labute approximate surface area is 159 Å². The van der Waals surface area contributed by atoms with E-state index in [1.54, 1.807) is 18.2 Å². The van der Waals surface area contributed by atoms with E-state index in [2.05, 4.69) is 5.32 Å². The number of halogens is 1. The van der Waals surface area contributed by atoms with Gasteiger partial charge in [-0.25, -0.2) is 12.8 Å². The van der Waals surface area contributed by atoms with E-state index >= 15 is 0 Å². The van der Waals surface area contributed by atoms with Crippen LogP contribution >= 0.6 is 0 Å². The summed E-state index contributed by atoms with van der Waals surface area (Å²) < 4.78 is 40.8. The summed E-state index contributed by atoms with van der Waals surface area (Å²) in [6.45, 7) is 2.51. The fourth-order valence-corrected chi connectivity index (χ4v) is 4.96. The van der Waals surface area contributed by atoms with Gasteiger partial charge < -0.3 is 5.32 Å². The summed E-state index contributed by atoms with van der Waals surface area (Å²) in [5, 5.41) is 2.65. The summed E-state index contributed by atoms with van der Waals surface area (Å²) >= 11 is 0. The summed E-state index contributed by atoms with van der Waals surface area (Å²) in [5.41, 5.74) is 0.723. The molecule has 0 bridgehead atoms. The molecule has 1 amide bonds. The molecule has 1 saturated heterocycles. The lowest BCUT2D eigenvalue weighted by molar-refractivity contribution is 0.0950. The van der Waals surface area contributed by atoms with Gasteiger partial charge in [0.05, 0.1) is 4.90 Å². The Kier molecular flexibility index (Phi) is 5.92. The number of carbonyl (C=O) groups is 1. The van der Waals surface area contributed by atoms with Crippen molar-refractivity contribution in [2.75, 3.05) is 6.54 Å². The SMILES string of the molecule is C[C@H]1CCCCN1S(=O)(=O)c1ccc(C(=O)NCc2ccccc2F)cc1. The number of benzene rings is 2. The number of carbonyl (C=O) groups excluding carboxylic acids is 1. The monoisotopic (exact) mass is 390 g/mol. The van der Waals surface area contributed by atoms with Crippen molar-refractivity contribution in [1.29, 1.82) is 0 Å². The van der Waals surface area contributed by atoms with Gasteiger partial charge >= 0.3 is 0 Å². The third-order valence-corrected chi connectivity index (χ3v) is 6.89. The third-order valence-electron chi connectivity index (χ3n) is 4.86. The van der Waals surface area contributed by atoms with Crippen molar-refractivity contribution in [3.05, 3.63) is 65.5 Å². The van der Waals surface area contributed by atoms with Crippen LogP contribution in [0.4, 0.5) is 4.39 Å². The number of nitrogens with one attached hydrogen (secondary N) is 1. The number of rotatable bonds is 5. The number of amides is 1. The molecule has 2 aromatic carbocycles. The molecule has 1 fully saturated rings. The molecule has 1 aliphatic heterocycles. The van der Waals surface area contributed by atoms with Crippen LogP contribution in [0.15, 0.2) is 53.4 Å². The van der Waals surface area contributed by atoms with E-state index in [-0.39, 0.29) is 29.2 Å². The smallest absolute Gasteiger partial charge is 0.251 e. The first-order chi connectivity index (χ1) is 12.9. The fourth-order valence-electron chi connectivity index (χ4n) is 3.26. The zero-order valence-corrected chi connectivity index (χ0v) is 16.0. The highest BCUT2D eigenvalue weighted by molar-refractivity contribution is 7.89. The molecular formula is C20H23FN2O3S. The van der Waals surface area contributed by atoms with E-state index in [1.165, 1.54) is 34.6 Å². The second-order valence-corrected chi connectivity index (χ2v) is 8.65. The lowest BCUT2D eigenvalue weighted by Gasteiger charge is -2.32. The number of hydrogen-bond donors (Lipinski definition) is 1. The van der Waals surface area contributed by atoms with Crippen LogP contribution in [0.1, 0.15) is 42.1 Å². The number of nitrogens with zero attached hydrogens (tertiary/aromatic N) is 1. The number of sulfonamides is 1. The molecule has 27 heavy (non-hydrogen) atoms. The third kappa shape index (κ3) is 4.36. The highest BCUT2D eigenvalue weighted by atomic mass is 32.2. The Morgan fingerprint density at radius 3 is 2.52 bits per heavy atom. The number of hydrogen-bond acceptors (Lipinski definition) is 3. The van der Waals surface area contributed by atoms with Crippen LogP contribution in [0, 0.1) is 5.82 Å². The van der Waals surface area contributed by atoms with Gasteiger partial charge in [0.25, 0.3) is 5.91 Å². The van der Waals surface area contributed by atoms with E-state index in [0.29, 0.717) is 17.7 Å². The summed E-state index contributed by atoms with van der Waals surface area (Å²) in [6, 6.07) is 12.1. The normalized spacial score (nSPS) is 18.2. The van der Waals surface area contributed by atoms with E-state index in [0.717, 1.165) is 19.3 Å². The van der Waals surface area contributed by atoms with E-state index in [1.807, 2.05) is 6.92 Å². The van der Waals surface area contributed by atoms with Gasteiger partial charge in [-0.1, -0.05) is 24.6 Å². The van der Waals surface area contributed by atoms with Crippen molar-refractivity contribution in [3.8, 4) is 0 Å². The average molecular weight is 390 g/mol. The minimum atomic E-state index is -3.56. The molecule has 0 radical (unpaired) electrons. The first-order valence-electron chi connectivity index (χ1n) is 9.03. The quantitative estimate of drug-likeness (QED) is 0.852. The topological polar surface area (TPSA) is 66.5 Å². The molecule has 2 aromatic rings. The largest absolute Gasteiger partial charge is 0.348 e. The van der Waals surface area contributed by atoms with Gasteiger partial charge in [-0.05, 0) is 50.1 Å². The molecule has 7 heteroatoms. The molecule has 0 spiro atoms. The Morgan fingerprint density at radius 2 is 1.85 bits per heavy atom. The van der Waals surface area contributed by atoms with Gasteiger partial charge in [-0.15, -0.1) is 0 Å². The summed E-state index contributed by atoms with van der Waals surface area (Å²) in [5.74, 6) is -0.761. The molecule has 1 atom stereocenters. The Morgan fingerprint density at radius 1 is 1.15 bits per heavy atom. The van der Waals surface area contributed by atoms with Crippen molar-refractivity contribution < 1.29 is 17.6 Å². The Balaban J connectivity index is 1.69. The van der Waals surface area contributed by atoms with Gasteiger partial charge in [0.2, 0.25) is 10.0 Å². The zero-order chi connectivity index (χ0) is 19.4. The maximum atomic E-state index is 13.6. The molecule has 1 N–H and O–H groups in total. The van der Waals surface area contributed by atoms with Crippen LogP contribution in [0.25, 0.3) is 0 Å². The lowest BCUT2D eigenvalue weighted by atomic mass is 10.1. The molecule has 0 aromatic heterocycles. The predicted molar refractivity (Wildman–Crippen MR) is 101 cm³/mol. The van der Waals surface area contributed by atoms with Crippen molar-refractivity contribution in [1.82, 2.24) is 9.62 Å². The Hall–Kier alpha value is -2.25. The van der Waals surface area contributed by atoms with E-state index in [4.69, 9.17) is 0 Å². The maximum Gasteiger partial charge on any atom is 0.251 e. The summed E-state index contributed by atoms with van der Waals surface area (Å²) in [6.07, 6.45) is 2.75. The standard InChI is InChI=1S/C20H23FN2O3S/c1-15-6-4-5-13-23(15)27(25,26)18-11-9-16(10-12-18)20(24)22-14-17-7-2-3-8-19(17)21/h2-3,7-12,15H,4-6,13-14H2,1H3,(H,22,24)/t15-/m0/s1. The zero-order valence-electron chi connectivity index (χ0n) is 15.2. The fraction of sp³-hybridized carbons (Fsp3) is 0.350. The van der Waals surface area contributed by atoms with Crippen LogP contribution in [0.3, 0.4) is 0 Å². The van der Waals surface area contributed by atoms with Crippen molar-refractivity contribution in [3.63, 3.8) is 0 Å². The lowest BCUT2D eigenvalue weighted by Crippen LogP contribution is -2.41. The minimum Gasteiger partial charge on any atom is -0.348 e. The first-order valence-corrected chi connectivity index (χ1v) is 10.5. The summed E-state index contributed by atoms with van der Waals surface area (Å²) in [4.78, 5) is 12.4. The van der Waals surface area contributed by atoms with Gasteiger partial charge in [0.15, 0.2) is 0 Å². The number of piperidine rings is 1. The highest BCUT2D eigenvalue weighted by Gasteiger charge is 2.30. The minimum absolute atomic E-state index is 0.0208. The van der Waals surface area contributed by atoms with Crippen LogP contribution in [-0.4, -0.2) is 31.2 Å². The highest BCUT2D eigenvalue weighted by Crippen LogP contribution is 2.25. The second kappa shape index (κ2) is 8.19. The molecule has 5 nitrogen and oxygen atoms in total. The molecule has 3 rings (SSSR count). The molecule has 1 aliphatic rings.